The van der Waals surface area contributed by atoms with Crippen molar-refractivity contribution in [1.82, 2.24) is 5.32 Å². The summed E-state index contributed by atoms with van der Waals surface area (Å²) in [5.74, 6) is 2.47. The lowest BCUT2D eigenvalue weighted by atomic mass is 10.0. The topological polar surface area (TPSA) is 12.0 Å². The fourth-order valence-corrected chi connectivity index (χ4v) is 6.28. The average Bonchev–Trinajstić information content (AvgIpc) is 2.35. The van der Waals surface area contributed by atoms with Crippen LogP contribution in [0.3, 0.4) is 0 Å². The van der Waals surface area contributed by atoms with E-state index in [4.69, 9.17) is 11.6 Å². The van der Waals surface area contributed by atoms with E-state index in [-0.39, 0.29) is 0 Å². The first-order valence-electron chi connectivity index (χ1n) is 5.99. The van der Waals surface area contributed by atoms with Crippen molar-refractivity contribution < 1.29 is 0 Å². The summed E-state index contributed by atoms with van der Waals surface area (Å²) in [4.78, 5) is 0. The molecule has 1 aromatic carbocycles. The zero-order valence-electron chi connectivity index (χ0n) is 10.5. The lowest BCUT2D eigenvalue weighted by Crippen LogP contribution is -2.36. The summed E-state index contributed by atoms with van der Waals surface area (Å²) >= 11 is 14.1. The molecule has 3 atom stereocenters. The molecule has 1 aliphatic heterocycles. The third kappa shape index (κ3) is 3.21. The fraction of sp³-hybridized carbons (Fsp3) is 0.538. The Morgan fingerprint density at radius 2 is 2.11 bits per heavy atom. The van der Waals surface area contributed by atoms with E-state index in [1.54, 1.807) is 0 Å². The lowest BCUT2D eigenvalue weighted by molar-refractivity contribution is 0.559. The first kappa shape index (κ1) is 15.0. The monoisotopic (exact) mass is 365 g/mol. The predicted molar refractivity (Wildman–Crippen MR) is 89.1 cm³/mol. The van der Waals surface area contributed by atoms with Gasteiger partial charge in [0, 0.05) is 43.1 Å². The van der Waals surface area contributed by atoms with Gasteiger partial charge in [0.1, 0.15) is 0 Å². The van der Waals surface area contributed by atoms with Crippen LogP contribution in [0.15, 0.2) is 22.7 Å². The van der Waals surface area contributed by atoms with Crippen LogP contribution in [0.1, 0.15) is 18.5 Å². The molecule has 1 heterocycles. The van der Waals surface area contributed by atoms with Gasteiger partial charge < -0.3 is 5.32 Å². The minimum atomic E-state index is 0.292. The van der Waals surface area contributed by atoms with Crippen LogP contribution in [0.2, 0.25) is 5.02 Å². The minimum absolute atomic E-state index is 0.292. The molecule has 3 unspecified atom stereocenters. The Morgan fingerprint density at radius 1 is 1.39 bits per heavy atom. The number of benzene rings is 1. The Balaban J connectivity index is 2.32. The summed E-state index contributed by atoms with van der Waals surface area (Å²) in [5, 5.41) is 5.49. The van der Waals surface area contributed by atoms with Crippen molar-refractivity contribution >= 4 is 51.1 Å². The van der Waals surface area contributed by atoms with Gasteiger partial charge in [-0.3, -0.25) is 0 Å². The van der Waals surface area contributed by atoms with E-state index in [1.165, 1.54) is 17.1 Å². The molecule has 2 rings (SSSR count). The Bertz CT molecular complexity index is 396. The molecule has 100 valence electrons. The zero-order chi connectivity index (χ0) is 13.1. The highest BCUT2D eigenvalue weighted by Crippen LogP contribution is 2.42. The van der Waals surface area contributed by atoms with Crippen LogP contribution in [0.5, 0.6) is 0 Å². The van der Waals surface area contributed by atoms with Crippen LogP contribution in [0.4, 0.5) is 0 Å². The quantitative estimate of drug-likeness (QED) is 0.839. The summed E-state index contributed by atoms with van der Waals surface area (Å²) in [6.45, 7) is 2.32. The molecule has 1 aromatic rings. The normalized spacial score (nSPS) is 26.0. The van der Waals surface area contributed by atoms with Crippen LogP contribution in [-0.2, 0) is 0 Å². The maximum atomic E-state index is 6.38. The number of rotatable bonds is 3. The molecule has 5 heteroatoms. The van der Waals surface area contributed by atoms with Gasteiger partial charge in [0.15, 0.2) is 0 Å². The molecule has 0 aromatic heterocycles. The molecule has 1 N–H and O–H groups in total. The molecule has 0 amide bonds. The van der Waals surface area contributed by atoms with Gasteiger partial charge in [0.2, 0.25) is 0 Å². The van der Waals surface area contributed by atoms with Crippen molar-refractivity contribution in [2.75, 3.05) is 18.6 Å². The van der Waals surface area contributed by atoms with Crippen molar-refractivity contribution in [2.45, 2.75) is 23.5 Å². The van der Waals surface area contributed by atoms with E-state index in [1.807, 2.05) is 19.2 Å². The van der Waals surface area contributed by atoms with Gasteiger partial charge in [0.25, 0.3) is 0 Å². The molecule has 1 nitrogen and oxygen atoms in total. The van der Waals surface area contributed by atoms with E-state index in [0.717, 1.165) is 9.50 Å². The molecule has 0 aliphatic carbocycles. The van der Waals surface area contributed by atoms with Gasteiger partial charge in [-0.15, -0.1) is 0 Å². The second-order valence-corrected chi connectivity index (χ2v) is 8.35. The molecule has 1 saturated heterocycles. The number of halogens is 2. The second kappa shape index (κ2) is 6.89. The smallest absolute Gasteiger partial charge is 0.0475 e. The van der Waals surface area contributed by atoms with Crippen LogP contribution >= 0.6 is 51.1 Å². The zero-order valence-corrected chi connectivity index (χ0v) is 14.4. The summed E-state index contributed by atoms with van der Waals surface area (Å²) < 4.78 is 1.10. The van der Waals surface area contributed by atoms with Crippen LogP contribution in [-0.4, -0.2) is 29.1 Å². The number of hydrogen-bond acceptors (Lipinski definition) is 3. The maximum Gasteiger partial charge on any atom is 0.0475 e. The van der Waals surface area contributed by atoms with Crippen LogP contribution in [0, 0.1) is 0 Å². The summed E-state index contributed by atoms with van der Waals surface area (Å²) in [5.41, 5.74) is 1.19. The van der Waals surface area contributed by atoms with Crippen molar-refractivity contribution in [3.63, 3.8) is 0 Å². The number of thioether (sulfide) groups is 2. The van der Waals surface area contributed by atoms with Gasteiger partial charge in [-0.25, -0.2) is 0 Å². The Hall–Kier alpha value is 0.650. The molecule has 0 saturated carbocycles. The fourth-order valence-electron chi connectivity index (χ4n) is 2.30. The molecule has 0 radical (unpaired) electrons. The summed E-state index contributed by atoms with van der Waals surface area (Å²) in [6.07, 6.45) is 0. The molecular weight excluding hydrogens is 350 g/mol. The SMILES string of the molecule is CNC(c1c(Cl)cccc1Br)C1SCCSC1C. The van der Waals surface area contributed by atoms with Gasteiger partial charge in [-0.1, -0.05) is 40.5 Å². The van der Waals surface area contributed by atoms with Crippen molar-refractivity contribution in [3.05, 3.63) is 33.3 Å². The van der Waals surface area contributed by atoms with Crippen molar-refractivity contribution in [1.29, 1.82) is 0 Å². The number of nitrogens with one attached hydrogen (secondary N) is 1. The molecule has 1 aliphatic rings. The first-order chi connectivity index (χ1) is 8.65. The van der Waals surface area contributed by atoms with Crippen molar-refractivity contribution in [3.8, 4) is 0 Å². The van der Waals surface area contributed by atoms with E-state index in [0.29, 0.717) is 16.5 Å². The van der Waals surface area contributed by atoms with Gasteiger partial charge >= 0.3 is 0 Å². The third-order valence-electron chi connectivity index (χ3n) is 3.19. The van der Waals surface area contributed by atoms with E-state index in [2.05, 4.69) is 57.8 Å². The molecule has 1 fully saturated rings. The Kier molecular flexibility index (Phi) is 5.76. The minimum Gasteiger partial charge on any atom is -0.312 e. The molecular formula is C13H17BrClNS2. The number of hydrogen-bond donors (Lipinski definition) is 1. The highest BCUT2D eigenvalue weighted by atomic mass is 79.9. The largest absolute Gasteiger partial charge is 0.312 e. The summed E-state index contributed by atoms with van der Waals surface area (Å²) in [6, 6.07) is 6.31. The van der Waals surface area contributed by atoms with E-state index < -0.39 is 0 Å². The highest BCUT2D eigenvalue weighted by Gasteiger charge is 2.32. The predicted octanol–water partition coefficient (Wildman–Crippen LogP) is 4.60. The molecule has 18 heavy (non-hydrogen) atoms. The van der Waals surface area contributed by atoms with E-state index >= 15 is 0 Å². The van der Waals surface area contributed by atoms with E-state index in [9.17, 15) is 0 Å². The van der Waals surface area contributed by atoms with Crippen LogP contribution in [0.25, 0.3) is 0 Å². The van der Waals surface area contributed by atoms with Gasteiger partial charge in [0.05, 0.1) is 0 Å². The molecule has 0 bridgehead atoms. The Labute approximate surface area is 131 Å². The highest BCUT2D eigenvalue weighted by molar-refractivity contribution is 9.10. The average molecular weight is 367 g/mol. The second-order valence-electron chi connectivity index (χ2n) is 4.31. The molecule has 0 spiro atoms. The standard InChI is InChI=1S/C13H17BrClNS2/c1-8-13(18-7-6-17-8)12(16-2)11-9(14)4-3-5-10(11)15/h3-5,8,12-13,16H,6-7H2,1-2H3. The third-order valence-corrected chi connectivity index (χ3v) is 7.40. The Morgan fingerprint density at radius 3 is 2.72 bits per heavy atom. The maximum absolute atomic E-state index is 6.38. The van der Waals surface area contributed by atoms with Crippen molar-refractivity contribution in [2.24, 2.45) is 0 Å². The first-order valence-corrected chi connectivity index (χ1v) is 9.26. The van der Waals surface area contributed by atoms with Crippen LogP contribution < -0.4 is 5.32 Å². The van der Waals surface area contributed by atoms with Gasteiger partial charge in [-0.2, -0.15) is 23.5 Å². The van der Waals surface area contributed by atoms with Gasteiger partial charge in [-0.05, 0) is 19.2 Å². The lowest BCUT2D eigenvalue weighted by Gasteiger charge is -2.35. The summed E-state index contributed by atoms with van der Waals surface area (Å²) in [7, 11) is 2.02.